The predicted octanol–water partition coefficient (Wildman–Crippen LogP) is 2.95. The van der Waals surface area contributed by atoms with Crippen LogP contribution in [-0.2, 0) is 0 Å². The third-order valence-corrected chi connectivity index (χ3v) is 4.90. The summed E-state index contributed by atoms with van der Waals surface area (Å²) in [5.74, 6) is 0. The minimum absolute atomic E-state index is 0.299. The Balaban J connectivity index is 2.61. The Bertz CT molecular complexity index is 257. The molecule has 1 unspecified atom stereocenters. The molecule has 0 amide bonds. The van der Waals surface area contributed by atoms with Crippen molar-refractivity contribution >= 4 is 61.1 Å². The van der Waals surface area contributed by atoms with E-state index in [4.69, 9.17) is 46.4 Å². The Morgan fingerprint density at radius 2 is 1.62 bits per heavy atom. The maximum absolute atomic E-state index is 5.91. The van der Waals surface area contributed by atoms with Crippen molar-refractivity contribution in [3.05, 3.63) is 30.3 Å². The number of hydrogen-bond donors (Lipinski definition) is 0. The lowest BCUT2D eigenvalue weighted by Gasteiger charge is -2.16. The van der Waals surface area contributed by atoms with E-state index in [1.807, 2.05) is 30.3 Å². The summed E-state index contributed by atoms with van der Waals surface area (Å²) < 4.78 is -1.39. The predicted molar refractivity (Wildman–Crippen MR) is 61.8 cm³/mol. The van der Waals surface area contributed by atoms with Crippen LogP contribution >= 0.6 is 46.4 Å². The van der Waals surface area contributed by atoms with Gasteiger partial charge in [-0.05, 0) is 0 Å². The van der Waals surface area contributed by atoms with Crippen LogP contribution < -0.4 is 5.19 Å². The van der Waals surface area contributed by atoms with Gasteiger partial charge in [0.2, 0.25) is 3.79 Å². The molecule has 2 radical (unpaired) electrons. The summed E-state index contributed by atoms with van der Waals surface area (Å²) in [6.07, 6.45) is 0. The Kier molecular flexibility index (Phi) is 4.40. The highest BCUT2D eigenvalue weighted by atomic mass is 35.6. The Morgan fingerprint density at radius 3 is 2.08 bits per heavy atom. The zero-order valence-electron chi connectivity index (χ0n) is 6.48. The van der Waals surface area contributed by atoms with E-state index in [0.717, 1.165) is 5.19 Å². The van der Waals surface area contributed by atoms with Crippen LogP contribution in [0.15, 0.2) is 30.3 Å². The maximum Gasteiger partial charge on any atom is 0.204 e. The largest absolute Gasteiger partial charge is 0.204 e. The van der Waals surface area contributed by atoms with Gasteiger partial charge in [-0.2, -0.15) is 0 Å². The molecule has 0 N–H and O–H groups in total. The van der Waals surface area contributed by atoms with Gasteiger partial charge in [0, 0.05) is 0 Å². The molecule has 13 heavy (non-hydrogen) atoms. The summed E-state index contributed by atoms with van der Waals surface area (Å²) in [4.78, 5) is 0. The first-order chi connectivity index (χ1) is 6.00. The summed E-state index contributed by atoms with van der Waals surface area (Å²) in [5.41, 5.74) is 0. The molecule has 0 saturated heterocycles. The van der Waals surface area contributed by atoms with E-state index >= 15 is 0 Å². The van der Waals surface area contributed by atoms with Gasteiger partial charge < -0.3 is 0 Å². The van der Waals surface area contributed by atoms with Crippen molar-refractivity contribution in [2.45, 2.75) is 8.79 Å². The van der Waals surface area contributed by atoms with Crippen LogP contribution in [0.4, 0.5) is 0 Å². The molecule has 1 aromatic carbocycles. The van der Waals surface area contributed by atoms with E-state index in [1.165, 1.54) is 0 Å². The highest BCUT2D eigenvalue weighted by Crippen LogP contribution is 2.32. The van der Waals surface area contributed by atoms with Crippen LogP contribution in [0.3, 0.4) is 0 Å². The summed E-state index contributed by atoms with van der Waals surface area (Å²) in [5, 5.41) is 0.619. The first kappa shape index (κ1) is 11.7. The number of halogens is 4. The molecule has 0 heterocycles. The molecule has 0 bridgehead atoms. The van der Waals surface area contributed by atoms with E-state index in [-0.39, 0.29) is 0 Å². The Labute approximate surface area is 99.9 Å². The van der Waals surface area contributed by atoms with Gasteiger partial charge in [0.05, 0.1) is 5.00 Å². The zero-order valence-corrected chi connectivity index (χ0v) is 10.5. The van der Waals surface area contributed by atoms with E-state index in [0.29, 0.717) is 9.52 Å². The molecule has 70 valence electrons. The lowest BCUT2D eigenvalue weighted by atomic mass is 10.4. The van der Waals surface area contributed by atoms with Crippen LogP contribution in [0, 0.1) is 0 Å². The van der Waals surface area contributed by atoms with Crippen molar-refractivity contribution in [1.29, 1.82) is 0 Å². The van der Waals surface area contributed by atoms with Crippen molar-refractivity contribution in [3.8, 4) is 0 Å². The molecule has 0 nitrogen and oxygen atoms in total. The molecular weight excluding hydrogens is 266 g/mol. The van der Waals surface area contributed by atoms with Gasteiger partial charge >= 0.3 is 0 Å². The molecule has 5 heteroatoms. The van der Waals surface area contributed by atoms with Gasteiger partial charge in [0.15, 0.2) is 0 Å². The molecule has 1 rings (SSSR count). The van der Waals surface area contributed by atoms with Crippen molar-refractivity contribution < 1.29 is 0 Å². The molecule has 0 aliphatic rings. The van der Waals surface area contributed by atoms with Gasteiger partial charge in [-0.15, -0.1) is 11.6 Å². The summed E-state index contributed by atoms with van der Waals surface area (Å²) >= 11 is 22.8. The number of benzene rings is 1. The molecule has 0 saturated carbocycles. The van der Waals surface area contributed by atoms with Gasteiger partial charge in [-0.3, -0.25) is 0 Å². The third-order valence-electron chi connectivity index (χ3n) is 1.35. The smallest absolute Gasteiger partial charge is 0.122 e. The lowest BCUT2D eigenvalue weighted by molar-refractivity contribution is 1.18. The molecule has 1 atom stereocenters. The van der Waals surface area contributed by atoms with Gasteiger partial charge in [0.1, 0.15) is 9.52 Å². The van der Waals surface area contributed by atoms with Crippen LogP contribution in [0.25, 0.3) is 0 Å². The van der Waals surface area contributed by atoms with E-state index in [2.05, 4.69) is 0 Å². The fourth-order valence-corrected chi connectivity index (χ4v) is 2.47. The summed E-state index contributed by atoms with van der Waals surface area (Å²) in [6, 6.07) is 9.73. The normalized spacial score (nSPS) is 14.2. The lowest BCUT2D eigenvalue weighted by Crippen LogP contribution is -2.33. The van der Waals surface area contributed by atoms with Crippen LogP contribution in [0.5, 0.6) is 0 Å². The minimum Gasteiger partial charge on any atom is -0.122 e. The number of rotatable bonds is 2. The summed E-state index contributed by atoms with van der Waals surface area (Å²) in [6.45, 7) is 0. The highest BCUT2D eigenvalue weighted by molar-refractivity contribution is 6.78. The second-order valence-corrected chi connectivity index (χ2v) is 7.03. The Morgan fingerprint density at radius 1 is 1.08 bits per heavy atom. The SMILES string of the molecule is ClC([Si]c1ccccc1)C(Cl)(Cl)Cl. The molecule has 0 aromatic heterocycles. The minimum atomic E-state index is -1.39. The first-order valence-corrected chi connectivity index (χ1v) is 6.17. The molecule has 0 fully saturated rings. The quantitative estimate of drug-likeness (QED) is 0.573. The zero-order chi connectivity index (χ0) is 9.90. The van der Waals surface area contributed by atoms with Crippen molar-refractivity contribution in [1.82, 2.24) is 0 Å². The van der Waals surface area contributed by atoms with Gasteiger partial charge in [-0.1, -0.05) is 70.3 Å². The topological polar surface area (TPSA) is 0 Å². The van der Waals surface area contributed by atoms with Gasteiger partial charge in [-0.25, -0.2) is 0 Å². The van der Waals surface area contributed by atoms with Crippen LogP contribution in [0.2, 0.25) is 0 Å². The van der Waals surface area contributed by atoms with Crippen LogP contribution in [0.1, 0.15) is 0 Å². The number of hydrogen-bond acceptors (Lipinski definition) is 0. The molecule has 0 spiro atoms. The second-order valence-electron chi connectivity index (χ2n) is 2.41. The van der Waals surface area contributed by atoms with Gasteiger partial charge in [0.25, 0.3) is 0 Å². The van der Waals surface area contributed by atoms with E-state index in [1.54, 1.807) is 0 Å². The standard InChI is InChI=1S/C8H6Cl4Si/c9-7(8(10,11)12)13-6-4-2-1-3-5-6/h1-5,7H. The first-order valence-electron chi connectivity index (χ1n) is 3.52. The van der Waals surface area contributed by atoms with Crippen molar-refractivity contribution in [2.24, 2.45) is 0 Å². The van der Waals surface area contributed by atoms with E-state index < -0.39 is 8.79 Å². The van der Waals surface area contributed by atoms with E-state index in [9.17, 15) is 0 Å². The Hall–Kier alpha value is 0.597. The fourth-order valence-electron chi connectivity index (χ4n) is 0.763. The van der Waals surface area contributed by atoms with Crippen molar-refractivity contribution in [2.75, 3.05) is 0 Å². The molecule has 1 aromatic rings. The molecule has 0 aliphatic heterocycles. The average molecular weight is 272 g/mol. The second kappa shape index (κ2) is 4.90. The molecular formula is C8H6Cl4Si. The van der Waals surface area contributed by atoms with Crippen LogP contribution in [-0.4, -0.2) is 18.3 Å². The third kappa shape index (κ3) is 4.09. The van der Waals surface area contributed by atoms with Crippen molar-refractivity contribution in [3.63, 3.8) is 0 Å². The average Bonchev–Trinajstić information content (AvgIpc) is 2.04. The summed E-state index contributed by atoms with van der Waals surface area (Å²) in [7, 11) is 0.299. The maximum atomic E-state index is 5.91. The fraction of sp³-hybridized carbons (Fsp3) is 0.250. The molecule has 0 aliphatic carbocycles. The highest BCUT2D eigenvalue weighted by Gasteiger charge is 2.31. The number of alkyl halides is 4. The monoisotopic (exact) mass is 270 g/mol.